The van der Waals surface area contributed by atoms with E-state index in [0.717, 1.165) is 31.2 Å². The number of anilines is 1. The largest absolute Gasteiger partial charge is 0.497 e. The van der Waals surface area contributed by atoms with Crippen LogP contribution in [0.15, 0.2) is 47.4 Å². The summed E-state index contributed by atoms with van der Waals surface area (Å²) in [4.78, 5) is 21.8. The Hall–Kier alpha value is -3.48. The van der Waals surface area contributed by atoms with Crippen molar-refractivity contribution < 1.29 is 45.8 Å². The van der Waals surface area contributed by atoms with E-state index in [1.807, 2.05) is 12.1 Å². The summed E-state index contributed by atoms with van der Waals surface area (Å²) in [7, 11) is -0.997. The van der Waals surface area contributed by atoms with Gasteiger partial charge in [0.15, 0.2) is 0 Å². The maximum absolute atomic E-state index is 12.9. The molecule has 0 unspecified atom stereocenters. The molecule has 0 spiro atoms. The molecule has 38 heavy (non-hydrogen) atoms. The van der Waals surface area contributed by atoms with Crippen LogP contribution in [0.4, 0.5) is 18.9 Å². The van der Waals surface area contributed by atoms with Gasteiger partial charge in [0, 0.05) is 17.8 Å². The fourth-order valence-electron chi connectivity index (χ4n) is 4.23. The zero-order valence-corrected chi connectivity index (χ0v) is 21.6. The molecule has 4 rings (SSSR count). The topological polar surface area (TPSA) is 131 Å². The summed E-state index contributed by atoms with van der Waals surface area (Å²) < 4.78 is 70.5. The van der Waals surface area contributed by atoms with Crippen molar-refractivity contribution in [2.75, 3.05) is 18.9 Å². The number of hydrogen-bond acceptors (Lipinski definition) is 6. The molecule has 2 aromatic rings. The lowest BCUT2D eigenvalue weighted by molar-refractivity contribution is -0.192. The van der Waals surface area contributed by atoms with Crippen molar-refractivity contribution in [3.05, 3.63) is 48.0 Å². The third-order valence-electron chi connectivity index (χ3n) is 6.47. The molecule has 0 bridgehead atoms. The van der Waals surface area contributed by atoms with Gasteiger partial charge in [-0.1, -0.05) is 25.0 Å². The van der Waals surface area contributed by atoms with Crippen molar-refractivity contribution in [3.8, 4) is 11.5 Å². The van der Waals surface area contributed by atoms with E-state index >= 15 is 0 Å². The normalized spacial score (nSPS) is 16.6. The Bertz CT molecular complexity index is 1250. The summed E-state index contributed by atoms with van der Waals surface area (Å²) in [6.07, 6.45) is 0.998. The Labute approximate surface area is 218 Å². The van der Waals surface area contributed by atoms with Gasteiger partial charge in [-0.2, -0.15) is 13.2 Å². The molecule has 0 heterocycles. The zero-order valence-electron chi connectivity index (χ0n) is 20.8. The van der Waals surface area contributed by atoms with Crippen LogP contribution in [0.2, 0.25) is 0 Å². The molecule has 208 valence electrons. The lowest BCUT2D eigenvalue weighted by Crippen LogP contribution is -2.40. The molecule has 1 amide bonds. The number of ether oxygens (including phenoxy) is 2. The molecule has 0 aromatic heterocycles. The molecule has 0 saturated heterocycles. The monoisotopic (exact) mass is 558 g/mol. The third-order valence-corrected chi connectivity index (χ3v) is 7.87. The van der Waals surface area contributed by atoms with Crippen LogP contribution in [0.25, 0.3) is 0 Å². The van der Waals surface area contributed by atoms with Crippen LogP contribution in [-0.2, 0) is 25.0 Å². The average molecular weight is 559 g/mol. The number of halogens is 3. The van der Waals surface area contributed by atoms with Crippen LogP contribution in [0.5, 0.6) is 11.5 Å². The lowest BCUT2D eigenvalue weighted by atomic mass is 9.94. The lowest BCUT2D eigenvalue weighted by Gasteiger charge is -2.20. The van der Waals surface area contributed by atoms with Gasteiger partial charge in [-0.25, -0.2) is 13.2 Å². The first-order valence-electron chi connectivity index (χ1n) is 11.8. The molecule has 0 radical (unpaired) electrons. The first-order valence-corrected chi connectivity index (χ1v) is 13.3. The first-order chi connectivity index (χ1) is 17.8. The second kappa shape index (κ2) is 11.5. The second-order valence-corrected chi connectivity index (χ2v) is 10.7. The molecule has 2 fully saturated rings. The number of nitrogens with one attached hydrogen (secondary N) is 2. The number of carboxylic acids is 1. The standard InChI is InChI=1S/C23H28N2O5S.C2HF3O2/c1-29-19-11-12-20(30-2)21(15-19)31(27,28)25-18-9-7-16(8-10-18)23(13-14-23)22(26)24-17-5-3-4-6-17;3-2(4,5)1(6)7/h7-12,15,17,25H,3-6,13-14H2,1-2H3,(H,24,26);(H,6,7). The fourth-order valence-corrected chi connectivity index (χ4v) is 5.47. The van der Waals surface area contributed by atoms with E-state index in [0.29, 0.717) is 11.4 Å². The van der Waals surface area contributed by atoms with E-state index in [4.69, 9.17) is 19.4 Å². The van der Waals surface area contributed by atoms with Gasteiger partial charge < -0.3 is 19.9 Å². The van der Waals surface area contributed by atoms with Crippen molar-refractivity contribution in [1.29, 1.82) is 0 Å². The molecular weight excluding hydrogens is 529 g/mol. The number of benzene rings is 2. The van der Waals surface area contributed by atoms with E-state index in [-0.39, 0.29) is 22.6 Å². The maximum atomic E-state index is 12.9. The Morgan fingerprint density at radius 2 is 1.58 bits per heavy atom. The molecular formula is C25H29F3N2O7S. The highest BCUT2D eigenvalue weighted by atomic mass is 32.2. The van der Waals surface area contributed by atoms with Crippen molar-refractivity contribution in [1.82, 2.24) is 5.32 Å². The van der Waals surface area contributed by atoms with Crippen LogP contribution >= 0.6 is 0 Å². The highest BCUT2D eigenvalue weighted by Gasteiger charge is 2.51. The van der Waals surface area contributed by atoms with E-state index in [1.54, 1.807) is 24.3 Å². The number of rotatable bonds is 8. The van der Waals surface area contributed by atoms with Crippen LogP contribution in [0.3, 0.4) is 0 Å². The van der Waals surface area contributed by atoms with Gasteiger partial charge in [-0.15, -0.1) is 0 Å². The molecule has 2 aliphatic rings. The second-order valence-electron chi connectivity index (χ2n) is 9.04. The number of hydrogen-bond donors (Lipinski definition) is 3. The van der Waals surface area contributed by atoms with Crippen LogP contribution < -0.4 is 19.5 Å². The van der Waals surface area contributed by atoms with Gasteiger partial charge in [-0.3, -0.25) is 9.52 Å². The number of carboxylic acid groups (broad SMARTS) is 1. The number of methoxy groups -OCH3 is 2. The SMILES string of the molecule is COc1ccc(OC)c(S(=O)(=O)Nc2ccc(C3(C(=O)NC4CCCC4)CC3)cc2)c1.O=C(O)C(F)(F)F. The quantitative estimate of drug-likeness (QED) is 0.442. The smallest absolute Gasteiger partial charge is 0.490 e. The first kappa shape index (κ1) is 29.1. The summed E-state index contributed by atoms with van der Waals surface area (Å²) in [6, 6.07) is 12.0. The average Bonchev–Trinajstić information content (AvgIpc) is 3.53. The summed E-state index contributed by atoms with van der Waals surface area (Å²) in [5.41, 5.74) is 0.862. The molecule has 2 saturated carbocycles. The van der Waals surface area contributed by atoms with Gasteiger partial charge in [0.1, 0.15) is 16.4 Å². The molecule has 9 nitrogen and oxygen atoms in total. The number of amides is 1. The molecule has 0 atom stereocenters. The third kappa shape index (κ3) is 6.88. The number of sulfonamides is 1. The van der Waals surface area contributed by atoms with E-state index in [9.17, 15) is 26.4 Å². The van der Waals surface area contributed by atoms with E-state index < -0.39 is 27.6 Å². The van der Waals surface area contributed by atoms with Gasteiger partial charge in [0.2, 0.25) is 5.91 Å². The molecule has 13 heteroatoms. The molecule has 2 aromatic carbocycles. The van der Waals surface area contributed by atoms with Crippen molar-refractivity contribution in [2.24, 2.45) is 0 Å². The van der Waals surface area contributed by atoms with Crippen LogP contribution in [0, 0.1) is 0 Å². The molecule has 2 aliphatic carbocycles. The van der Waals surface area contributed by atoms with E-state index in [2.05, 4.69) is 10.0 Å². The van der Waals surface area contributed by atoms with Gasteiger partial charge in [0.05, 0.1) is 19.6 Å². The predicted molar refractivity (Wildman–Crippen MR) is 132 cm³/mol. The van der Waals surface area contributed by atoms with Gasteiger partial charge >= 0.3 is 12.1 Å². The Kier molecular flexibility index (Phi) is 8.80. The number of alkyl halides is 3. The summed E-state index contributed by atoms with van der Waals surface area (Å²) in [5.74, 6) is -2.02. The van der Waals surface area contributed by atoms with E-state index in [1.165, 1.54) is 33.1 Å². The summed E-state index contributed by atoms with van der Waals surface area (Å²) in [6.45, 7) is 0. The fraction of sp³-hybridized carbons (Fsp3) is 0.440. The van der Waals surface area contributed by atoms with Gasteiger partial charge in [0.25, 0.3) is 10.0 Å². The highest BCUT2D eigenvalue weighted by Crippen LogP contribution is 2.49. The predicted octanol–water partition coefficient (Wildman–Crippen LogP) is 4.23. The Morgan fingerprint density at radius 1 is 1.00 bits per heavy atom. The number of carbonyl (C=O) groups excluding carboxylic acids is 1. The molecule has 0 aliphatic heterocycles. The minimum atomic E-state index is -5.08. The maximum Gasteiger partial charge on any atom is 0.490 e. The van der Waals surface area contributed by atoms with Gasteiger partial charge in [-0.05, 0) is 55.5 Å². The van der Waals surface area contributed by atoms with Crippen molar-refractivity contribution in [2.45, 2.75) is 61.1 Å². The Balaban J connectivity index is 0.000000505. The number of aliphatic carboxylic acids is 1. The van der Waals surface area contributed by atoms with Crippen LogP contribution in [0.1, 0.15) is 44.1 Å². The Morgan fingerprint density at radius 3 is 2.05 bits per heavy atom. The van der Waals surface area contributed by atoms with Crippen molar-refractivity contribution in [3.63, 3.8) is 0 Å². The minimum Gasteiger partial charge on any atom is -0.497 e. The minimum absolute atomic E-state index is 0.00645. The summed E-state index contributed by atoms with van der Waals surface area (Å²) >= 11 is 0. The number of carbonyl (C=O) groups is 2. The van der Waals surface area contributed by atoms with Crippen LogP contribution in [-0.4, -0.2) is 51.8 Å². The molecule has 3 N–H and O–H groups in total. The highest BCUT2D eigenvalue weighted by molar-refractivity contribution is 7.92. The van der Waals surface area contributed by atoms with Crippen molar-refractivity contribution >= 4 is 27.6 Å². The summed E-state index contributed by atoms with van der Waals surface area (Å²) in [5, 5.41) is 10.3. The zero-order chi connectivity index (χ0) is 28.1.